The quantitative estimate of drug-likeness (QED) is 0.612. The molecule has 0 saturated heterocycles. The van der Waals surface area contributed by atoms with Gasteiger partial charge in [-0.3, -0.25) is 4.90 Å². The summed E-state index contributed by atoms with van der Waals surface area (Å²) in [5.74, 6) is 3.09. The van der Waals surface area contributed by atoms with E-state index >= 15 is 0 Å². The van der Waals surface area contributed by atoms with Gasteiger partial charge in [0.15, 0.2) is 6.61 Å². The monoisotopic (exact) mass is 413 g/mol. The molecule has 0 heterocycles. The molecule has 4 bridgehead atoms. The van der Waals surface area contributed by atoms with Crippen molar-refractivity contribution in [3.63, 3.8) is 0 Å². The number of carbonyl (C=O) groups excluding carboxylic acids is 1. The summed E-state index contributed by atoms with van der Waals surface area (Å²) < 4.78 is 10.8. The van der Waals surface area contributed by atoms with Gasteiger partial charge in [-0.1, -0.05) is 11.6 Å². The molecule has 4 fully saturated rings. The van der Waals surface area contributed by atoms with Gasteiger partial charge in [-0.2, -0.15) is 0 Å². The van der Waals surface area contributed by atoms with Crippen molar-refractivity contribution in [3.05, 3.63) is 29.3 Å². The van der Waals surface area contributed by atoms with Crippen LogP contribution in [0.2, 0.25) is 5.02 Å². The van der Waals surface area contributed by atoms with E-state index in [-0.39, 0.29) is 25.0 Å². The van der Waals surface area contributed by atoms with Crippen molar-refractivity contribution in [1.82, 2.24) is 4.90 Å². The first-order valence-corrected chi connectivity index (χ1v) is 10.2. The van der Waals surface area contributed by atoms with Crippen LogP contribution in [0.5, 0.6) is 5.75 Å². The summed E-state index contributed by atoms with van der Waals surface area (Å²) in [6, 6.07) is 6.97. The second-order valence-corrected chi connectivity index (χ2v) is 8.96. The zero-order chi connectivity index (χ0) is 18.1. The number of halogens is 2. The first-order chi connectivity index (χ1) is 12.5. The van der Waals surface area contributed by atoms with Crippen LogP contribution in [0.3, 0.4) is 0 Å². The Morgan fingerprint density at radius 1 is 1.11 bits per heavy atom. The minimum absolute atomic E-state index is 0. The molecule has 5 rings (SSSR count). The number of hydrogen-bond acceptors (Lipinski definition) is 4. The fourth-order valence-corrected chi connectivity index (χ4v) is 5.91. The highest BCUT2D eigenvalue weighted by molar-refractivity contribution is 6.30. The molecule has 4 nitrogen and oxygen atoms in total. The number of esters is 1. The van der Waals surface area contributed by atoms with Gasteiger partial charge in [0.25, 0.3) is 0 Å². The second-order valence-electron chi connectivity index (χ2n) is 8.53. The molecule has 150 valence electrons. The smallest absolute Gasteiger partial charge is 0.344 e. The lowest BCUT2D eigenvalue weighted by Crippen LogP contribution is -2.59. The third-order valence-corrected chi connectivity index (χ3v) is 6.93. The molecule has 0 N–H and O–H groups in total. The molecule has 27 heavy (non-hydrogen) atoms. The minimum atomic E-state index is -0.320. The van der Waals surface area contributed by atoms with Crippen molar-refractivity contribution < 1.29 is 14.3 Å². The summed E-state index contributed by atoms with van der Waals surface area (Å²) in [7, 11) is 2.21. The van der Waals surface area contributed by atoms with Crippen molar-refractivity contribution in [2.75, 3.05) is 26.8 Å². The number of benzene rings is 1. The summed E-state index contributed by atoms with van der Waals surface area (Å²) >= 11 is 5.83. The molecule has 0 atom stereocenters. The Morgan fingerprint density at radius 2 is 1.67 bits per heavy atom. The molecule has 4 aliphatic carbocycles. The maximum absolute atomic E-state index is 11.9. The Balaban J connectivity index is 0.00000210. The summed E-state index contributed by atoms with van der Waals surface area (Å²) in [6.45, 7) is 1.17. The third kappa shape index (κ3) is 4.72. The zero-order valence-corrected chi connectivity index (χ0v) is 17.4. The summed E-state index contributed by atoms with van der Waals surface area (Å²) in [5, 5.41) is 0.646. The van der Waals surface area contributed by atoms with E-state index < -0.39 is 0 Å². The molecule has 0 aliphatic heterocycles. The normalized spacial score (nSPS) is 30.9. The Labute approximate surface area is 172 Å². The van der Waals surface area contributed by atoms with Crippen LogP contribution in [0.15, 0.2) is 24.3 Å². The molecule has 0 radical (unpaired) electrons. The van der Waals surface area contributed by atoms with Crippen molar-refractivity contribution >= 4 is 30.0 Å². The average Bonchev–Trinajstić information content (AvgIpc) is 2.60. The predicted molar refractivity (Wildman–Crippen MR) is 109 cm³/mol. The molecule has 0 spiro atoms. The van der Waals surface area contributed by atoms with Gasteiger partial charge < -0.3 is 9.47 Å². The third-order valence-electron chi connectivity index (χ3n) is 6.68. The van der Waals surface area contributed by atoms with Crippen molar-refractivity contribution in [2.24, 2.45) is 17.8 Å². The molecule has 1 aromatic rings. The van der Waals surface area contributed by atoms with Crippen molar-refractivity contribution in [3.8, 4) is 5.75 Å². The number of ether oxygens (including phenoxy) is 2. The first-order valence-electron chi connectivity index (χ1n) is 9.78. The van der Waals surface area contributed by atoms with Crippen LogP contribution >= 0.6 is 24.0 Å². The lowest BCUT2D eigenvalue weighted by molar-refractivity contribution is -0.148. The van der Waals surface area contributed by atoms with Gasteiger partial charge in [-0.05, 0) is 87.6 Å². The second kappa shape index (κ2) is 8.59. The highest BCUT2D eigenvalue weighted by atomic mass is 35.5. The van der Waals surface area contributed by atoms with Crippen LogP contribution in [0.4, 0.5) is 0 Å². The average molecular weight is 414 g/mol. The summed E-state index contributed by atoms with van der Waals surface area (Å²) in [5.41, 5.74) is 0.362. The molecular formula is C21H29Cl2NO3. The van der Waals surface area contributed by atoms with E-state index in [2.05, 4.69) is 11.9 Å². The zero-order valence-electron chi connectivity index (χ0n) is 15.9. The number of nitrogens with zero attached hydrogens (tertiary/aromatic N) is 1. The van der Waals surface area contributed by atoms with E-state index in [1.807, 2.05) is 0 Å². The van der Waals surface area contributed by atoms with Crippen molar-refractivity contribution in [2.45, 2.75) is 44.1 Å². The topological polar surface area (TPSA) is 38.8 Å². The molecule has 4 aliphatic rings. The highest BCUT2D eigenvalue weighted by Crippen LogP contribution is 2.57. The first kappa shape index (κ1) is 20.8. The fourth-order valence-electron chi connectivity index (χ4n) is 5.78. The number of carbonyl (C=O) groups is 1. The fraction of sp³-hybridized carbons (Fsp3) is 0.667. The van der Waals surface area contributed by atoms with E-state index in [1.165, 1.54) is 38.5 Å². The van der Waals surface area contributed by atoms with Crippen LogP contribution in [0.1, 0.15) is 38.5 Å². The molecule has 4 saturated carbocycles. The molecular weight excluding hydrogens is 385 g/mol. The highest BCUT2D eigenvalue weighted by Gasteiger charge is 2.52. The molecule has 0 unspecified atom stereocenters. The number of likely N-dealkylation sites (N-methyl/N-ethyl adjacent to an activating group) is 1. The van der Waals surface area contributed by atoms with E-state index in [0.717, 1.165) is 24.3 Å². The van der Waals surface area contributed by atoms with Crippen LogP contribution in [-0.4, -0.2) is 43.2 Å². The summed E-state index contributed by atoms with van der Waals surface area (Å²) in [6.07, 6.45) is 8.35. The Morgan fingerprint density at radius 3 is 2.22 bits per heavy atom. The number of rotatable bonds is 7. The van der Waals surface area contributed by atoms with Crippen LogP contribution in [0.25, 0.3) is 0 Å². The Bertz CT molecular complexity index is 614. The van der Waals surface area contributed by atoms with Crippen LogP contribution in [-0.2, 0) is 9.53 Å². The van der Waals surface area contributed by atoms with E-state index in [9.17, 15) is 4.79 Å². The SMILES string of the molecule is CN(CCOC(=O)COc1ccc(Cl)cc1)C12CC3CC(CC(C3)C1)C2.Cl. The minimum Gasteiger partial charge on any atom is -0.482 e. The molecule has 0 aromatic heterocycles. The van der Waals surface area contributed by atoms with Gasteiger partial charge in [0, 0.05) is 17.1 Å². The maximum Gasteiger partial charge on any atom is 0.344 e. The molecule has 6 heteroatoms. The van der Waals surface area contributed by atoms with Crippen LogP contribution < -0.4 is 4.74 Å². The predicted octanol–water partition coefficient (Wildman–Crippen LogP) is 4.58. The van der Waals surface area contributed by atoms with Gasteiger partial charge in [0.05, 0.1) is 0 Å². The van der Waals surface area contributed by atoms with E-state index in [1.54, 1.807) is 24.3 Å². The van der Waals surface area contributed by atoms with Gasteiger partial charge in [-0.15, -0.1) is 12.4 Å². The van der Waals surface area contributed by atoms with E-state index in [4.69, 9.17) is 21.1 Å². The van der Waals surface area contributed by atoms with Gasteiger partial charge >= 0.3 is 5.97 Å². The summed E-state index contributed by atoms with van der Waals surface area (Å²) in [4.78, 5) is 14.4. The van der Waals surface area contributed by atoms with Crippen molar-refractivity contribution in [1.29, 1.82) is 0 Å². The van der Waals surface area contributed by atoms with E-state index in [0.29, 0.717) is 22.9 Å². The van der Waals surface area contributed by atoms with Gasteiger partial charge in [0.2, 0.25) is 0 Å². The Hall–Kier alpha value is -0.970. The lowest BCUT2D eigenvalue weighted by atomic mass is 9.52. The van der Waals surface area contributed by atoms with Crippen LogP contribution in [0, 0.1) is 17.8 Å². The largest absolute Gasteiger partial charge is 0.482 e. The standard InChI is InChI=1S/C21H28ClNO3.ClH/c1-23(21-11-15-8-16(12-21)10-17(9-15)13-21)6-7-25-20(24)14-26-19-4-2-18(22)3-5-19;/h2-5,15-17H,6-14H2,1H3;1H. The molecule has 1 aromatic carbocycles. The maximum atomic E-state index is 11.9. The Kier molecular flexibility index (Phi) is 6.60. The number of hydrogen-bond donors (Lipinski definition) is 0. The molecule has 0 amide bonds. The lowest BCUT2D eigenvalue weighted by Gasteiger charge is -2.60. The van der Waals surface area contributed by atoms with Gasteiger partial charge in [-0.25, -0.2) is 4.79 Å². The van der Waals surface area contributed by atoms with Gasteiger partial charge in [0.1, 0.15) is 12.4 Å².